The van der Waals surface area contributed by atoms with Crippen molar-refractivity contribution in [3.05, 3.63) is 77.1 Å². The van der Waals surface area contributed by atoms with E-state index in [0.717, 1.165) is 11.1 Å². The van der Waals surface area contributed by atoms with E-state index in [1.54, 1.807) is 11.8 Å². The van der Waals surface area contributed by atoms with Crippen molar-refractivity contribution in [2.75, 3.05) is 11.6 Å². The lowest BCUT2D eigenvalue weighted by molar-refractivity contribution is 0.637. The summed E-state index contributed by atoms with van der Waals surface area (Å²) in [6, 6.07) is 19.7. The van der Waals surface area contributed by atoms with Crippen LogP contribution < -0.4 is 5.32 Å². The summed E-state index contributed by atoms with van der Waals surface area (Å²) in [6.45, 7) is 0.597. The molecular weight excluding hydrogens is 381 g/mol. The van der Waals surface area contributed by atoms with Gasteiger partial charge in [-0.25, -0.2) is 4.39 Å². The van der Waals surface area contributed by atoms with Crippen LogP contribution >= 0.6 is 23.4 Å². The smallest absolute Gasteiger partial charge is 0.168 e. The lowest BCUT2D eigenvalue weighted by Gasteiger charge is -2.08. The third-order valence-electron chi connectivity index (χ3n) is 4.45. The number of aromatic amines is 1. The first-order chi connectivity index (χ1) is 13.2. The third kappa shape index (κ3) is 3.53. The summed E-state index contributed by atoms with van der Waals surface area (Å²) in [7, 11) is 0. The van der Waals surface area contributed by atoms with E-state index in [-0.39, 0.29) is 5.02 Å². The molecule has 0 aliphatic rings. The van der Waals surface area contributed by atoms with Gasteiger partial charge in [-0.3, -0.25) is 5.10 Å². The first kappa shape index (κ1) is 17.9. The molecule has 27 heavy (non-hydrogen) atoms. The first-order valence-corrected chi connectivity index (χ1v) is 10.1. The Balaban J connectivity index is 1.68. The van der Waals surface area contributed by atoms with E-state index in [1.807, 2.05) is 42.7 Å². The molecule has 2 N–H and O–H groups in total. The number of aromatic nitrogens is 2. The van der Waals surface area contributed by atoms with Gasteiger partial charge in [0.1, 0.15) is 5.52 Å². The second-order valence-electron chi connectivity index (χ2n) is 6.11. The van der Waals surface area contributed by atoms with E-state index in [9.17, 15) is 4.39 Å². The second-order valence-corrected chi connectivity index (χ2v) is 7.37. The summed E-state index contributed by atoms with van der Waals surface area (Å²) < 4.78 is 14.8. The maximum atomic E-state index is 14.8. The number of anilines is 1. The number of H-pyrrole nitrogens is 1. The molecule has 136 valence electrons. The van der Waals surface area contributed by atoms with Gasteiger partial charge in [-0.1, -0.05) is 54.1 Å². The van der Waals surface area contributed by atoms with Crippen LogP contribution in [0.15, 0.2) is 65.6 Å². The monoisotopic (exact) mass is 397 g/mol. The Labute approximate surface area is 165 Å². The van der Waals surface area contributed by atoms with E-state index in [1.165, 1.54) is 4.90 Å². The molecule has 0 bridgehead atoms. The minimum atomic E-state index is -0.488. The van der Waals surface area contributed by atoms with Crippen LogP contribution in [-0.2, 0) is 6.54 Å². The molecular formula is C21H17ClFN3S. The van der Waals surface area contributed by atoms with Crippen molar-refractivity contribution >= 4 is 40.1 Å². The highest BCUT2D eigenvalue weighted by molar-refractivity contribution is 7.98. The Kier molecular flexibility index (Phi) is 5.05. The Morgan fingerprint density at radius 1 is 1.11 bits per heavy atom. The molecule has 6 heteroatoms. The van der Waals surface area contributed by atoms with Crippen molar-refractivity contribution in [2.45, 2.75) is 11.4 Å². The van der Waals surface area contributed by atoms with Gasteiger partial charge in [0.25, 0.3) is 0 Å². The van der Waals surface area contributed by atoms with Crippen molar-refractivity contribution in [3.8, 4) is 11.1 Å². The molecule has 1 aromatic heterocycles. The number of rotatable bonds is 5. The number of nitrogens with one attached hydrogen (secondary N) is 2. The van der Waals surface area contributed by atoms with Gasteiger partial charge in [-0.05, 0) is 35.6 Å². The average molecular weight is 398 g/mol. The molecule has 1 heterocycles. The third-order valence-corrected chi connectivity index (χ3v) is 5.56. The van der Waals surface area contributed by atoms with Gasteiger partial charge >= 0.3 is 0 Å². The fourth-order valence-electron chi connectivity index (χ4n) is 2.99. The summed E-state index contributed by atoms with van der Waals surface area (Å²) in [4.78, 5) is 1.22. The normalized spacial score (nSPS) is 11.1. The SMILES string of the molecule is CSc1ccc(CNc2n[nH]c3c(F)c(Cl)c(-c4ccccc4)cc23)cc1. The molecule has 0 aliphatic heterocycles. The number of fused-ring (bicyclic) bond motifs is 1. The molecule has 4 aromatic rings. The number of halogens is 2. The van der Waals surface area contributed by atoms with E-state index in [0.29, 0.717) is 28.8 Å². The molecule has 0 spiro atoms. The molecule has 0 atom stereocenters. The summed E-state index contributed by atoms with van der Waals surface area (Å²) in [5.74, 6) is 0.115. The van der Waals surface area contributed by atoms with Crippen LogP contribution in [-0.4, -0.2) is 16.5 Å². The molecule has 0 saturated heterocycles. The molecule has 4 rings (SSSR count). The molecule has 0 aliphatic carbocycles. The van der Waals surface area contributed by atoms with E-state index in [4.69, 9.17) is 11.6 Å². The molecule has 0 radical (unpaired) electrons. The fourth-order valence-corrected chi connectivity index (χ4v) is 3.65. The van der Waals surface area contributed by atoms with Crippen LogP contribution in [0.1, 0.15) is 5.56 Å². The fraction of sp³-hybridized carbons (Fsp3) is 0.0952. The van der Waals surface area contributed by atoms with Crippen LogP contribution in [0.25, 0.3) is 22.0 Å². The average Bonchev–Trinajstić information content (AvgIpc) is 3.13. The molecule has 0 fully saturated rings. The van der Waals surface area contributed by atoms with Gasteiger partial charge < -0.3 is 5.32 Å². The number of hydrogen-bond acceptors (Lipinski definition) is 3. The van der Waals surface area contributed by atoms with Crippen LogP contribution in [0.4, 0.5) is 10.2 Å². The predicted molar refractivity (Wildman–Crippen MR) is 112 cm³/mol. The Morgan fingerprint density at radius 3 is 2.56 bits per heavy atom. The largest absolute Gasteiger partial charge is 0.364 e. The zero-order valence-electron chi connectivity index (χ0n) is 14.6. The minimum absolute atomic E-state index is 0.0940. The standard InChI is InChI=1S/C21H17ClFN3S/c1-27-15-9-7-13(8-10-15)12-24-21-17-11-16(14-5-3-2-4-6-14)18(22)19(23)20(17)25-26-21/h2-11H,12H2,1H3,(H2,24,25,26). The molecule has 0 unspecified atom stereocenters. The highest BCUT2D eigenvalue weighted by Gasteiger charge is 2.17. The Morgan fingerprint density at radius 2 is 1.85 bits per heavy atom. The predicted octanol–water partition coefficient (Wildman–Crippen LogP) is 6.36. The molecule has 3 aromatic carbocycles. The molecule has 0 saturated carbocycles. The summed E-state index contributed by atoms with van der Waals surface area (Å²) in [6.07, 6.45) is 2.05. The second kappa shape index (κ2) is 7.62. The van der Waals surface area contributed by atoms with Crippen molar-refractivity contribution in [1.29, 1.82) is 0 Å². The van der Waals surface area contributed by atoms with E-state index in [2.05, 4.69) is 39.8 Å². The topological polar surface area (TPSA) is 40.7 Å². The lowest BCUT2D eigenvalue weighted by atomic mass is 10.0. The van der Waals surface area contributed by atoms with Gasteiger partial charge in [-0.2, -0.15) is 5.10 Å². The van der Waals surface area contributed by atoms with Crippen molar-refractivity contribution < 1.29 is 4.39 Å². The van der Waals surface area contributed by atoms with Gasteiger partial charge in [0.15, 0.2) is 11.6 Å². The molecule has 0 amide bonds. The quantitative estimate of drug-likeness (QED) is 0.385. The van der Waals surface area contributed by atoms with Crippen molar-refractivity contribution in [3.63, 3.8) is 0 Å². The molecule has 3 nitrogen and oxygen atoms in total. The summed E-state index contributed by atoms with van der Waals surface area (Å²) in [5, 5.41) is 11.1. The van der Waals surface area contributed by atoms with E-state index >= 15 is 0 Å². The zero-order valence-corrected chi connectivity index (χ0v) is 16.2. The number of thioether (sulfide) groups is 1. The highest BCUT2D eigenvalue weighted by Crippen LogP contribution is 2.36. The number of hydrogen-bond donors (Lipinski definition) is 2. The van der Waals surface area contributed by atoms with Crippen molar-refractivity contribution in [2.24, 2.45) is 0 Å². The first-order valence-electron chi connectivity index (χ1n) is 8.45. The van der Waals surface area contributed by atoms with Crippen LogP contribution in [0.5, 0.6) is 0 Å². The number of nitrogens with zero attached hydrogens (tertiary/aromatic N) is 1. The summed E-state index contributed by atoms with van der Waals surface area (Å²) in [5.41, 5.74) is 2.95. The summed E-state index contributed by atoms with van der Waals surface area (Å²) >= 11 is 7.98. The van der Waals surface area contributed by atoms with Crippen molar-refractivity contribution in [1.82, 2.24) is 10.2 Å². The maximum Gasteiger partial charge on any atom is 0.168 e. The number of benzene rings is 3. The van der Waals surface area contributed by atoms with E-state index < -0.39 is 5.82 Å². The lowest BCUT2D eigenvalue weighted by Crippen LogP contribution is -2.00. The Hall–Kier alpha value is -2.50. The Bertz CT molecular complexity index is 1080. The maximum absolute atomic E-state index is 14.8. The van der Waals surface area contributed by atoms with Crippen LogP contribution in [0.2, 0.25) is 5.02 Å². The van der Waals surface area contributed by atoms with Crippen LogP contribution in [0, 0.1) is 5.82 Å². The van der Waals surface area contributed by atoms with Gasteiger partial charge in [-0.15, -0.1) is 11.8 Å². The minimum Gasteiger partial charge on any atom is -0.364 e. The highest BCUT2D eigenvalue weighted by atomic mass is 35.5. The van der Waals surface area contributed by atoms with Crippen LogP contribution in [0.3, 0.4) is 0 Å². The van der Waals surface area contributed by atoms with Gasteiger partial charge in [0, 0.05) is 22.4 Å². The zero-order chi connectivity index (χ0) is 18.8. The van der Waals surface area contributed by atoms with Gasteiger partial charge in [0.05, 0.1) is 5.02 Å². The van der Waals surface area contributed by atoms with Gasteiger partial charge in [0.2, 0.25) is 0 Å².